The molecule has 2 aliphatic rings. The van der Waals surface area contributed by atoms with E-state index >= 15 is 0 Å². The number of nitrogens with two attached hydrogens (primary N) is 1. The van der Waals surface area contributed by atoms with Crippen LogP contribution in [-0.4, -0.2) is 20.0 Å². The van der Waals surface area contributed by atoms with Gasteiger partial charge in [0, 0.05) is 11.3 Å². The van der Waals surface area contributed by atoms with Crippen LogP contribution in [0.4, 0.5) is 0 Å². The van der Waals surface area contributed by atoms with Crippen LogP contribution in [0.1, 0.15) is 63.2 Å². The molecule has 3 rings (SSSR count). The van der Waals surface area contributed by atoms with Crippen LogP contribution in [0, 0.1) is 0 Å². The molecule has 2 fully saturated rings. The quantitative estimate of drug-likeness (QED) is 0.851. The molecule has 4 nitrogen and oxygen atoms in total. The average Bonchev–Trinajstić information content (AvgIpc) is 3.17. The lowest BCUT2D eigenvalue weighted by Crippen LogP contribution is -2.09. The second kappa shape index (κ2) is 5.61. The highest BCUT2D eigenvalue weighted by Gasteiger charge is 2.30. The first kappa shape index (κ1) is 12.5. The monoisotopic (exact) mass is 266 g/mol. The minimum Gasteiger partial charge on any atom is -0.324 e. The van der Waals surface area contributed by atoms with Gasteiger partial charge in [0.15, 0.2) is 5.16 Å². The molecule has 1 heterocycles. The SMILES string of the molecule is NCc1nnc(SC2CCCCCC2)n1C1CC1. The van der Waals surface area contributed by atoms with E-state index in [1.807, 2.05) is 11.8 Å². The highest BCUT2D eigenvalue weighted by Crippen LogP contribution is 2.40. The highest BCUT2D eigenvalue weighted by molar-refractivity contribution is 7.99. The lowest BCUT2D eigenvalue weighted by molar-refractivity contribution is 0.621. The van der Waals surface area contributed by atoms with Crippen molar-refractivity contribution in [1.82, 2.24) is 14.8 Å². The molecular weight excluding hydrogens is 244 g/mol. The third kappa shape index (κ3) is 2.72. The van der Waals surface area contributed by atoms with Crippen molar-refractivity contribution in [2.45, 2.75) is 74.4 Å². The molecule has 0 atom stereocenters. The van der Waals surface area contributed by atoms with Crippen molar-refractivity contribution >= 4 is 11.8 Å². The van der Waals surface area contributed by atoms with Crippen molar-refractivity contribution in [2.75, 3.05) is 0 Å². The topological polar surface area (TPSA) is 56.7 Å². The first-order valence-corrected chi connectivity index (χ1v) is 8.07. The standard InChI is InChI=1S/C13H22N4S/c14-9-12-15-16-13(17(12)10-7-8-10)18-11-5-3-1-2-4-6-11/h10-11H,1-9,14H2. The van der Waals surface area contributed by atoms with Crippen LogP contribution in [0.3, 0.4) is 0 Å². The summed E-state index contributed by atoms with van der Waals surface area (Å²) in [6.07, 6.45) is 10.8. The van der Waals surface area contributed by atoms with Crippen LogP contribution >= 0.6 is 11.8 Å². The number of nitrogens with zero attached hydrogens (tertiary/aromatic N) is 3. The third-order valence-corrected chi connectivity index (χ3v) is 5.20. The summed E-state index contributed by atoms with van der Waals surface area (Å²) in [5.74, 6) is 0.966. The van der Waals surface area contributed by atoms with Crippen LogP contribution in [-0.2, 0) is 6.54 Å². The molecule has 1 aromatic heterocycles. The summed E-state index contributed by atoms with van der Waals surface area (Å²) in [5, 5.41) is 10.5. The van der Waals surface area contributed by atoms with E-state index in [4.69, 9.17) is 5.73 Å². The number of hydrogen-bond donors (Lipinski definition) is 1. The zero-order valence-electron chi connectivity index (χ0n) is 10.8. The molecule has 100 valence electrons. The van der Waals surface area contributed by atoms with Gasteiger partial charge in [-0.05, 0) is 25.7 Å². The van der Waals surface area contributed by atoms with E-state index in [0.29, 0.717) is 12.6 Å². The van der Waals surface area contributed by atoms with E-state index < -0.39 is 0 Å². The number of aromatic nitrogens is 3. The largest absolute Gasteiger partial charge is 0.324 e. The second-order valence-corrected chi connectivity index (χ2v) is 6.70. The molecule has 2 aliphatic carbocycles. The summed E-state index contributed by atoms with van der Waals surface area (Å²) < 4.78 is 2.30. The molecule has 1 aromatic rings. The molecule has 0 aliphatic heterocycles. The fourth-order valence-electron chi connectivity index (χ4n) is 2.74. The van der Waals surface area contributed by atoms with Gasteiger partial charge in [0.25, 0.3) is 0 Å². The molecule has 0 spiro atoms. The lowest BCUT2D eigenvalue weighted by atomic mass is 10.2. The first-order valence-electron chi connectivity index (χ1n) is 7.19. The minimum absolute atomic E-state index is 0.509. The van der Waals surface area contributed by atoms with Gasteiger partial charge in [0.1, 0.15) is 5.82 Å². The smallest absolute Gasteiger partial charge is 0.191 e. The molecule has 0 bridgehead atoms. The molecule has 0 saturated heterocycles. The fourth-order valence-corrected chi connectivity index (χ4v) is 4.06. The van der Waals surface area contributed by atoms with Crippen LogP contribution in [0.15, 0.2) is 5.16 Å². The van der Waals surface area contributed by atoms with Gasteiger partial charge in [-0.15, -0.1) is 10.2 Å². The van der Waals surface area contributed by atoms with Gasteiger partial charge in [0.05, 0.1) is 6.54 Å². The van der Waals surface area contributed by atoms with Crippen LogP contribution in [0.2, 0.25) is 0 Å². The van der Waals surface area contributed by atoms with Crippen molar-refractivity contribution in [1.29, 1.82) is 0 Å². The maximum absolute atomic E-state index is 5.76. The molecule has 0 radical (unpaired) electrons. The normalized spacial score (nSPS) is 22.1. The summed E-state index contributed by atoms with van der Waals surface area (Å²) in [4.78, 5) is 0. The summed E-state index contributed by atoms with van der Waals surface area (Å²) >= 11 is 1.94. The highest BCUT2D eigenvalue weighted by atomic mass is 32.2. The third-order valence-electron chi connectivity index (χ3n) is 3.90. The predicted octanol–water partition coefficient (Wildman–Crippen LogP) is 2.89. The number of rotatable bonds is 4. The Balaban J connectivity index is 1.73. The van der Waals surface area contributed by atoms with Crippen molar-refractivity contribution in [3.05, 3.63) is 5.82 Å². The van der Waals surface area contributed by atoms with Gasteiger partial charge >= 0.3 is 0 Å². The zero-order valence-corrected chi connectivity index (χ0v) is 11.7. The molecule has 5 heteroatoms. The van der Waals surface area contributed by atoms with Gasteiger partial charge in [-0.3, -0.25) is 0 Å². The summed E-state index contributed by atoms with van der Waals surface area (Å²) in [6.45, 7) is 0.509. The Bertz CT molecular complexity index is 392. The van der Waals surface area contributed by atoms with Crippen molar-refractivity contribution in [2.24, 2.45) is 5.73 Å². The predicted molar refractivity (Wildman–Crippen MR) is 73.5 cm³/mol. The molecule has 2 saturated carbocycles. The van der Waals surface area contributed by atoms with Crippen molar-refractivity contribution in [3.8, 4) is 0 Å². The second-order valence-electron chi connectivity index (χ2n) is 5.44. The van der Waals surface area contributed by atoms with Gasteiger partial charge in [-0.2, -0.15) is 0 Å². The Kier molecular flexibility index (Phi) is 3.89. The maximum atomic E-state index is 5.76. The first-order chi connectivity index (χ1) is 8.88. The van der Waals surface area contributed by atoms with Crippen molar-refractivity contribution < 1.29 is 0 Å². The lowest BCUT2D eigenvalue weighted by Gasteiger charge is -2.14. The van der Waals surface area contributed by atoms with E-state index in [-0.39, 0.29) is 0 Å². The Morgan fingerprint density at radius 3 is 2.39 bits per heavy atom. The Hall–Kier alpha value is -0.550. The number of thioether (sulfide) groups is 1. The zero-order chi connectivity index (χ0) is 12.4. The van der Waals surface area contributed by atoms with E-state index in [0.717, 1.165) is 16.2 Å². The molecule has 0 aromatic carbocycles. The van der Waals surface area contributed by atoms with Gasteiger partial charge in [-0.25, -0.2) is 0 Å². The summed E-state index contributed by atoms with van der Waals surface area (Å²) in [6, 6.07) is 0.631. The van der Waals surface area contributed by atoms with Crippen molar-refractivity contribution in [3.63, 3.8) is 0 Å². The molecule has 0 unspecified atom stereocenters. The van der Waals surface area contributed by atoms with Gasteiger partial charge in [0.2, 0.25) is 0 Å². The molecule has 2 N–H and O–H groups in total. The van der Waals surface area contributed by atoms with Gasteiger partial charge in [-0.1, -0.05) is 37.4 Å². The molecule has 18 heavy (non-hydrogen) atoms. The average molecular weight is 266 g/mol. The Morgan fingerprint density at radius 1 is 1.06 bits per heavy atom. The Labute approximate surface area is 113 Å². The Morgan fingerprint density at radius 2 is 1.78 bits per heavy atom. The van der Waals surface area contributed by atoms with Gasteiger partial charge < -0.3 is 10.3 Å². The minimum atomic E-state index is 0.509. The van der Waals surface area contributed by atoms with E-state index in [2.05, 4.69) is 14.8 Å². The van der Waals surface area contributed by atoms with E-state index in [1.165, 1.54) is 51.4 Å². The molecular formula is C13H22N4S. The molecule has 0 amide bonds. The fraction of sp³-hybridized carbons (Fsp3) is 0.846. The van der Waals surface area contributed by atoms with Crippen LogP contribution in [0.25, 0.3) is 0 Å². The summed E-state index contributed by atoms with van der Waals surface area (Å²) in [5.41, 5.74) is 5.76. The van der Waals surface area contributed by atoms with E-state index in [9.17, 15) is 0 Å². The van der Waals surface area contributed by atoms with Crippen LogP contribution in [0.5, 0.6) is 0 Å². The maximum Gasteiger partial charge on any atom is 0.191 e. The van der Waals surface area contributed by atoms with E-state index in [1.54, 1.807) is 0 Å². The summed E-state index contributed by atoms with van der Waals surface area (Å²) in [7, 11) is 0. The van der Waals surface area contributed by atoms with Crippen LogP contribution < -0.4 is 5.73 Å². The number of hydrogen-bond acceptors (Lipinski definition) is 4.